The van der Waals surface area contributed by atoms with Gasteiger partial charge in [-0.2, -0.15) is 0 Å². The lowest BCUT2D eigenvalue weighted by molar-refractivity contribution is -0.332. The van der Waals surface area contributed by atoms with Crippen LogP contribution in [0.1, 0.15) is 245 Å². The molecule has 0 bridgehead atoms. The molecule has 2 saturated heterocycles. The summed E-state index contributed by atoms with van der Waals surface area (Å²) in [6.45, 7) is 2.54. The molecule has 0 aromatic heterocycles. The molecule has 0 aromatic carbocycles. The van der Waals surface area contributed by atoms with Crippen molar-refractivity contribution in [3.05, 3.63) is 60.8 Å². The number of unbranched alkanes of at least 4 members (excludes halogenated alkanes) is 27. The van der Waals surface area contributed by atoms with Gasteiger partial charge in [0.25, 0.3) is 0 Å². The van der Waals surface area contributed by atoms with Gasteiger partial charge in [-0.1, -0.05) is 222 Å². The van der Waals surface area contributed by atoms with Crippen molar-refractivity contribution in [3.63, 3.8) is 0 Å². The summed E-state index contributed by atoms with van der Waals surface area (Å²) in [6.07, 6.45) is 45.5. The maximum Gasteiger partial charge on any atom is 0.306 e. The maximum atomic E-state index is 13.1. The molecule has 0 aliphatic carbocycles. The van der Waals surface area contributed by atoms with Crippen LogP contribution in [0.25, 0.3) is 0 Å². The molecule has 11 atom stereocenters. The van der Waals surface area contributed by atoms with Crippen LogP contribution in [0.4, 0.5) is 0 Å². The predicted molar refractivity (Wildman–Crippen MR) is 316 cm³/mol. The summed E-state index contributed by atoms with van der Waals surface area (Å²) < 4.78 is 33.7. The zero-order valence-corrected chi connectivity index (χ0v) is 49.8. The number of aliphatic hydroxyl groups is 7. The molecule has 15 heteroatoms. The van der Waals surface area contributed by atoms with Gasteiger partial charge in [0.05, 0.1) is 19.8 Å². The van der Waals surface area contributed by atoms with Crippen LogP contribution in [0.3, 0.4) is 0 Å². The first kappa shape index (κ1) is 73.3. The average Bonchev–Trinajstić information content (AvgIpc) is 3.52. The summed E-state index contributed by atoms with van der Waals surface area (Å²) in [7, 11) is 0. The van der Waals surface area contributed by atoms with E-state index in [4.69, 9.17) is 28.4 Å². The first-order chi connectivity index (χ1) is 39.0. The Bertz CT molecular complexity index is 1620. The third-order valence-electron chi connectivity index (χ3n) is 15.0. The number of ether oxygens (including phenoxy) is 6. The molecule has 15 nitrogen and oxygen atoms in total. The molecular weight excluding hydrogens is 1020 g/mol. The SMILES string of the molecule is CCCCCCCCC/C=C/C/C=C/C/C=C/C/C=C/CCCC(=O)O[C@@H](COC(=O)CCC/C=C/CCCCCCCCCCCCCCCCCCCC)CO[C@@H]1O[C@H](CO[C@@H]2O[C@H](CO)[C@H](O)C(O)C2O)[C@H](O)C(O)C1O. The van der Waals surface area contributed by atoms with Crippen molar-refractivity contribution in [1.29, 1.82) is 0 Å². The Hall–Kier alpha value is -2.80. The molecule has 0 aromatic rings. The second-order valence-corrected chi connectivity index (χ2v) is 22.2. The molecule has 2 aliphatic heterocycles. The van der Waals surface area contributed by atoms with E-state index in [2.05, 4.69) is 68.5 Å². The third-order valence-corrected chi connectivity index (χ3v) is 15.0. The average molecular weight is 1140 g/mol. The zero-order valence-electron chi connectivity index (χ0n) is 49.8. The highest BCUT2D eigenvalue weighted by Crippen LogP contribution is 2.27. The first-order valence-electron chi connectivity index (χ1n) is 31.9. The Morgan fingerprint density at radius 1 is 0.400 bits per heavy atom. The van der Waals surface area contributed by atoms with Gasteiger partial charge in [-0.05, 0) is 70.6 Å². The number of esters is 2. The van der Waals surface area contributed by atoms with Crippen LogP contribution < -0.4 is 0 Å². The second-order valence-electron chi connectivity index (χ2n) is 22.2. The van der Waals surface area contributed by atoms with Gasteiger partial charge in [0.2, 0.25) is 0 Å². The largest absolute Gasteiger partial charge is 0.462 e. The summed E-state index contributed by atoms with van der Waals surface area (Å²) in [6, 6.07) is 0. The van der Waals surface area contributed by atoms with Crippen LogP contribution in [0.15, 0.2) is 60.8 Å². The van der Waals surface area contributed by atoms with Gasteiger partial charge in [0, 0.05) is 12.8 Å². The fourth-order valence-corrected chi connectivity index (χ4v) is 9.80. The fraction of sp³-hybridized carbons (Fsp3) is 0.815. The Morgan fingerprint density at radius 2 is 0.750 bits per heavy atom. The van der Waals surface area contributed by atoms with E-state index >= 15 is 0 Å². The molecule has 2 heterocycles. The highest BCUT2D eigenvalue weighted by atomic mass is 16.7. The molecule has 7 N–H and O–H groups in total. The van der Waals surface area contributed by atoms with Gasteiger partial charge in [-0.25, -0.2) is 0 Å². The maximum absolute atomic E-state index is 13.1. The normalized spacial score (nSPS) is 24.1. The number of rotatable bonds is 51. The van der Waals surface area contributed by atoms with E-state index in [0.29, 0.717) is 19.3 Å². The summed E-state index contributed by atoms with van der Waals surface area (Å²) in [5.74, 6) is -1.02. The van der Waals surface area contributed by atoms with Gasteiger partial charge in [0.1, 0.15) is 55.4 Å². The van der Waals surface area contributed by atoms with Gasteiger partial charge in [0.15, 0.2) is 18.7 Å². The monoisotopic (exact) mass is 1130 g/mol. The van der Waals surface area contributed by atoms with Crippen molar-refractivity contribution in [2.45, 2.75) is 313 Å². The van der Waals surface area contributed by atoms with E-state index in [1.54, 1.807) is 0 Å². The number of allylic oxidation sites excluding steroid dienone is 10. The Balaban J connectivity index is 1.75. The minimum Gasteiger partial charge on any atom is -0.462 e. The topological polar surface area (TPSA) is 231 Å². The Kier molecular flexibility index (Phi) is 46.4. The van der Waals surface area contributed by atoms with Crippen LogP contribution >= 0.6 is 0 Å². The van der Waals surface area contributed by atoms with Crippen molar-refractivity contribution in [2.75, 3.05) is 26.4 Å². The second kappa shape index (κ2) is 50.7. The molecule has 80 heavy (non-hydrogen) atoms. The van der Waals surface area contributed by atoms with Crippen molar-refractivity contribution < 1.29 is 73.8 Å². The van der Waals surface area contributed by atoms with Gasteiger partial charge < -0.3 is 64.2 Å². The first-order valence-corrected chi connectivity index (χ1v) is 31.9. The molecular formula is C65H114O15. The quantitative estimate of drug-likeness (QED) is 0.0171. The molecule has 4 unspecified atom stereocenters. The lowest BCUT2D eigenvalue weighted by atomic mass is 9.98. The standard InChI is InChI=1S/C65H114O15/c1-3-5-7-9-11-13-15-17-19-21-23-25-26-28-29-31-33-35-37-39-41-43-45-47-56(67)75-50-53(51-76-64-63(74)61(72)59(70)55(80-64)52-77-65-62(73)60(71)58(69)54(49-66)79-65)78-57(68)48-46-44-42-40-38-36-34-32-30-27-24-22-20-18-16-14-12-10-8-6-4-2/h20,22,27,30,34,36,39-42,53-55,58-66,69-74H,3-19,21,23-26,28-29,31-33,35,37-38,43-52H2,1-2H3/b22-20+,30-27+,36-34+,41-39+,42-40+/t53-,54+,55+,58-,59-,60?,61?,62?,63?,64+,65+/m0/s1. The molecule has 0 spiro atoms. The van der Waals surface area contributed by atoms with Gasteiger partial charge in [-0.15, -0.1) is 0 Å². The lowest BCUT2D eigenvalue weighted by Crippen LogP contribution is -2.61. The van der Waals surface area contributed by atoms with Crippen LogP contribution in [0.5, 0.6) is 0 Å². The van der Waals surface area contributed by atoms with Crippen LogP contribution in [0, 0.1) is 0 Å². The van der Waals surface area contributed by atoms with Crippen molar-refractivity contribution in [2.24, 2.45) is 0 Å². The molecule has 0 radical (unpaired) electrons. The Morgan fingerprint density at radius 3 is 1.19 bits per heavy atom. The summed E-state index contributed by atoms with van der Waals surface area (Å²) in [5.41, 5.74) is 0. The number of aliphatic hydroxyl groups excluding tert-OH is 7. The molecule has 0 saturated carbocycles. The van der Waals surface area contributed by atoms with E-state index in [-0.39, 0.29) is 19.4 Å². The molecule has 464 valence electrons. The van der Waals surface area contributed by atoms with Crippen LogP contribution in [-0.2, 0) is 38.0 Å². The van der Waals surface area contributed by atoms with Crippen LogP contribution in [0.2, 0.25) is 0 Å². The zero-order chi connectivity index (χ0) is 58.1. The number of carbonyl (C=O) groups is 2. The molecule has 2 fully saturated rings. The van der Waals surface area contributed by atoms with E-state index in [9.17, 15) is 45.3 Å². The van der Waals surface area contributed by atoms with E-state index in [1.807, 2.05) is 6.08 Å². The highest BCUT2D eigenvalue weighted by molar-refractivity contribution is 5.70. The summed E-state index contributed by atoms with van der Waals surface area (Å²) in [5, 5.41) is 72.4. The minimum absolute atomic E-state index is 0.0829. The van der Waals surface area contributed by atoms with Crippen molar-refractivity contribution >= 4 is 11.9 Å². The number of hydrogen-bond donors (Lipinski definition) is 7. The highest BCUT2D eigenvalue weighted by Gasteiger charge is 2.47. The predicted octanol–water partition coefficient (Wildman–Crippen LogP) is 11.9. The van der Waals surface area contributed by atoms with E-state index < -0.39 is 99.3 Å². The van der Waals surface area contributed by atoms with Gasteiger partial charge in [-0.3, -0.25) is 9.59 Å². The molecule has 2 aliphatic rings. The summed E-state index contributed by atoms with van der Waals surface area (Å²) in [4.78, 5) is 25.9. The van der Waals surface area contributed by atoms with E-state index in [1.165, 1.54) is 154 Å². The third kappa shape index (κ3) is 36.7. The number of carbonyl (C=O) groups excluding carboxylic acids is 2. The van der Waals surface area contributed by atoms with Crippen LogP contribution in [-0.4, -0.2) is 142 Å². The molecule has 0 amide bonds. The number of hydrogen-bond acceptors (Lipinski definition) is 15. The van der Waals surface area contributed by atoms with E-state index in [0.717, 1.165) is 44.9 Å². The van der Waals surface area contributed by atoms with Crippen molar-refractivity contribution in [3.8, 4) is 0 Å². The Labute approximate surface area is 483 Å². The molecule has 2 rings (SSSR count). The van der Waals surface area contributed by atoms with Gasteiger partial charge >= 0.3 is 11.9 Å². The lowest BCUT2D eigenvalue weighted by Gasteiger charge is -2.42. The minimum atomic E-state index is -1.78. The smallest absolute Gasteiger partial charge is 0.306 e. The summed E-state index contributed by atoms with van der Waals surface area (Å²) >= 11 is 0. The fourth-order valence-electron chi connectivity index (χ4n) is 9.80. The van der Waals surface area contributed by atoms with Crippen molar-refractivity contribution in [1.82, 2.24) is 0 Å².